The third-order valence-electron chi connectivity index (χ3n) is 2.98. The molecule has 0 aromatic heterocycles. The summed E-state index contributed by atoms with van der Waals surface area (Å²) in [7, 11) is 1.35. The van der Waals surface area contributed by atoms with Gasteiger partial charge in [-0.15, -0.1) is 0 Å². The van der Waals surface area contributed by atoms with Gasteiger partial charge in [0.1, 0.15) is 0 Å². The number of hydrogen-bond acceptors (Lipinski definition) is 5. The Morgan fingerprint density at radius 3 is 2.79 bits per heavy atom. The molecule has 0 aliphatic rings. The smallest absolute Gasteiger partial charge is 0.309 e. The summed E-state index contributed by atoms with van der Waals surface area (Å²) in [5, 5.41) is 13.9. The minimum atomic E-state index is -0.393. The molecule has 1 aromatic carbocycles. The molecule has 1 atom stereocenters. The zero-order valence-corrected chi connectivity index (χ0v) is 11.3. The van der Waals surface area contributed by atoms with E-state index in [-0.39, 0.29) is 17.6 Å². The fourth-order valence-corrected chi connectivity index (χ4v) is 1.77. The summed E-state index contributed by atoms with van der Waals surface area (Å²) in [6.45, 7) is 4.43. The van der Waals surface area contributed by atoms with Crippen molar-refractivity contribution < 1.29 is 14.5 Å². The molecule has 0 saturated heterocycles. The monoisotopic (exact) mass is 266 g/mol. The van der Waals surface area contributed by atoms with E-state index >= 15 is 0 Å². The lowest BCUT2D eigenvalue weighted by molar-refractivity contribution is -0.385. The summed E-state index contributed by atoms with van der Waals surface area (Å²) in [6.07, 6.45) is 0. The number of nitrogens with one attached hydrogen (secondary N) is 1. The van der Waals surface area contributed by atoms with Gasteiger partial charge in [0, 0.05) is 24.7 Å². The van der Waals surface area contributed by atoms with Gasteiger partial charge in [0.25, 0.3) is 5.69 Å². The first-order valence-corrected chi connectivity index (χ1v) is 5.98. The molecule has 6 heteroatoms. The van der Waals surface area contributed by atoms with Crippen molar-refractivity contribution in [3.63, 3.8) is 0 Å². The van der Waals surface area contributed by atoms with Crippen molar-refractivity contribution in [1.82, 2.24) is 5.32 Å². The number of hydrogen-bond donors (Lipinski definition) is 1. The van der Waals surface area contributed by atoms with E-state index in [4.69, 9.17) is 0 Å². The lowest BCUT2D eigenvalue weighted by atomic mass is 10.1. The van der Waals surface area contributed by atoms with Crippen LogP contribution in [0, 0.1) is 23.0 Å². The minimum Gasteiger partial charge on any atom is -0.469 e. The second kappa shape index (κ2) is 6.84. The Hall–Kier alpha value is -1.95. The molecule has 0 spiro atoms. The van der Waals surface area contributed by atoms with Crippen LogP contribution >= 0.6 is 0 Å². The Labute approximate surface area is 111 Å². The molecule has 0 aliphatic carbocycles. The molecular weight excluding hydrogens is 248 g/mol. The van der Waals surface area contributed by atoms with Gasteiger partial charge in [-0.3, -0.25) is 14.9 Å². The van der Waals surface area contributed by atoms with E-state index in [0.29, 0.717) is 18.7 Å². The molecule has 0 saturated carbocycles. The number of nitrogens with zero attached hydrogens (tertiary/aromatic N) is 1. The first-order valence-electron chi connectivity index (χ1n) is 5.98. The molecule has 1 unspecified atom stereocenters. The number of carbonyl (C=O) groups is 1. The van der Waals surface area contributed by atoms with Crippen molar-refractivity contribution >= 4 is 11.7 Å². The molecule has 0 fully saturated rings. The van der Waals surface area contributed by atoms with Crippen molar-refractivity contribution in [1.29, 1.82) is 0 Å². The lowest BCUT2D eigenvalue weighted by Gasteiger charge is -2.11. The number of esters is 1. The van der Waals surface area contributed by atoms with E-state index in [0.717, 1.165) is 5.56 Å². The van der Waals surface area contributed by atoms with Gasteiger partial charge in [0.05, 0.1) is 18.0 Å². The molecule has 1 rings (SSSR count). The van der Waals surface area contributed by atoms with Gasteiger partial charge in [0.2, 0.25) is 0 Å². The maximum Gasteiger partial charge on any atom is 0.309 e. The van der Waals surface area contributed by atoms with Gasteiger partial charge < -0.3 is 10.1 Å². The molecule has 104 valence electrons. The number of ether oxygens (including phenoxy) is 1. The first kappa shape index (κ1) is 15.1. The number of rotatable bonds is 6. The molecule has 19 heavy (non-hydrogen) atoms. The van der Waals surface area contributed by atoms with Gasteiger partial charge in [-0.2, -0.15) is 0 Å². The zero-order valence-electron chi connectivity index (χ0n) is 11.3. The number of methoxy groups -OCH3 is 1. The highest BCUT2D eigenvalue weighted by Gasteiger charge is 2.15. The number of nitro groups is 1. The molecule has 6 nitrogen and oxygen atoms in total. The minimum absolute atomic E-state index is 0.111. The summed E-state index contributed by atoms with van der Waals surface area (Å²) < 4.78 is 4.62. The fourth-order valence-electron chi connectivity index (χ4n) is 1.77. The van der Waals surface area contributed by atoms with Crippen LogP contribution in [-0.2, 0) is 16.1 Å². The van der Waals surface area contributed by atoms with Gasteiger partial charge in [0.15, 0.2) is 0 Å². The number of carbonyl (C=O) groups excluding carboxylic acids is 1. The van der Waals surface area contributed by atoms with Crippen LogP contribution in [0.25, 0.3) is 0 Å². The second-order valence-electron chi connectivity index (χ2n) is 4.37. The molecular formula is C13H18N2O4. The van der Waals surface area contributed by atoms with Crippen molar-refractivity contribution in [2.45, 2.75) is 20.4 Å². The quantitative estimate of drug-likeness (QED) is 0.482. The first-order chi connectivity index (χ1) is 8.97. The highest BCUT2D eigenvalue weighted by atomic mass is 16.6. The largest absolute Gasteiger partial charge is 0.469 e. The Kier molecular flexibility index (Phi) is 5.44. The maximum absolute atomic E-state index is 11.2. The summed E-state index contributed by atoms with van der Waals surface area (Å²) in [4.78, 5) is 21.6. The Balaban J connectivity index is 2.62. The SMILES string of the molecule is COC(=O)C(C)CNCc1cccc([N+](=O)[O-])c1C. The zero-order chi connectivity index (χ0) is 14.4. The number of benzene rings is 1. The Bertz CT molecular complexity index is 474. The van der Waals surface area contributed by atoms with Crippen LogP contribution in [0.3, 0.4) is 0 Å². The van der Waals surface area contributed by atoms with Gasteiger partial charge >= 0.3 is 5.97 Å². The van der Waals surface area contributed by atoms with Crippen molar-refractivity contribution in [2.75, 3.05) is 13.7 Å². The lowest BCUT2D eigenvalue weighted by Crippen LogP contribution is -2.27. The molecule has 1 N–H and O–H groups in total. The molecule has 0 heterocycles. The van der Waals surface area contributed by atoms with E-state index in [1.807, 2.05) is 6.07 Å². The second-order valence-corrected chi connectivity index (χ2v) is 4.37. The average Bonchev–Trinajstić information content (AvgIpc) is 2.39. The average molecular weight is 266 g/mol. The maximum atomic E-state index is 11.2. The van der Waals surface area contributed by atoms with Crippen molar-refractivity contribution in [2.24, 2.45) is 5.92 Å². The molecule has 0 bridgehead atoms. The van der Waals surface area contributed by atoms with E-state index in [1.165, 1.54) is 13.2 Å². The van der Waals surface area contributed by atoms with Crippen LogP contribution in [-0.4, -0.2) is 24.5 Å². The summed E-state index contributed by atoms with van der Waals surface area (Å²) in [5.74, 6) is -0.521. The predicted octanol–water partition coefficient (Wildman–Crippen LogP) is 1.80. The molecule has 1 aromatic rings. The van der Waals surface area contributed by atoms with Gasteiger partial charge in [-0.1, -0.05) is 19.1 Å². The van der Waals surface area contributed by atoms with Crippen LogP contribution in [0.4, 0.5) is 5.69 Å². The molecule has 0 radical (unpaired) electrons. The van der Waals surface area contributed by atoms with E-state index in [2.05, 4.69) is 10.1 Å². The molecule has 0 aliphatic heterocycles. The van der Waals surface area contributed by atoms with Crippen molar-refractivity contribution in [3.05, 3.63) is 39.4 Å². The summed E-state index contributed by atoms with van der Waals surface area (Å²) >= 11 is 0. The fraction of sp³-hybridized carbons (Fsp3) is 0.462. The van der Waals surface area contributed by atoms with Crippen LogP contribution in [0.15, 0.2) is 18.2 Å². The third-order valence-corrected chi connectivity index (χ3v) is 2.98. The topological polar surface area (TPSA) is 81.5 Å². The summed E-state index contributed by atoms with van der Waals surface area (Å²) in [5.41, 5.74) is 1.61. The highest BCUT2D eigenvalue weighted by Crippen LogP contribution is 2.20. The van der Waals surface area contributed by atoms with Gasteiger partial charge in [-0.25, -0.2) is 0 Å². The number of nitro benzene ring substituents is 1. The van der Waals surface area contributed by atoms with Crippen LogP contribution < -0.4 is 5.32 Å². The van der Waals surface area contributed by atoms with E-state index < -0.39 is 4.92 Å². The van der Waals surface area contributed by atoms with Crippen LogP contribution in [0.2, 0.25) is 0 Å². The summed E-state index contributed by atoms with van der Waals surface area (Å²) in [6, 6.07) is 4.97. The van der Waals surface area contributed by atoms with Crippen molar-refractivity contribution in [3.8, 4) is 0 Å². The van der Waals surface area contributed by atoms with E-state index in [1.54, 1.807) is 19.9 Å². The molecule has 0 amide bonds. The van der Waals surface area contributed by atoms with Crippen LogP contribution in [0.5, 0.6) is 0 Å². The predicted molar refractivity (Wildman–Crippen MR) is 70.7 cm³/mol. The Morgan fingerprint density at radius 1 is 1.53 bits per heavy atom. The standard InChI is InChI=1S/C13H18N2O4/c1-9(13(16)19-3)7-14-8-11-5-4-6-12(10(11)2)15(17)18/h4-6,9,14H,7-8H2,1-3H3. The van der Waals surface area contributed by atoms with E-state index in [9.17, 15) is 14.9 Å². The van der Waals surface area contributed by atoms with Gasteiger partial charge in [-0.05, 0) is 12.5 Å². The van der Waals surface area contributed by atoms with Crippen LogP contribution in [0.1, 0.15) is 18.1 Å². The Morgan fingerprint density at radius 2 is 2.21 bits per heavy atom. The highest BCUT2D eigenvalue weighted by molar-refractivity contribution is 5.72. The normalized spacial score (nSPS) is 11.9. The third kappa shape index (κ3) is 4.03.